The number of hydrogen-bond donors (Lipinski definition) is 2. The van der Waals surface area contributed by atoms with Crippen LogP contribution in [0.25, 0.3) is 0 Å². The fraction of sp³-hybridized carbons (Fsp3) is 0.632. The molecule has 1 saturated carbocycles. The number of benzene rings is 1. The zero-order valence-corrected chi connectivity index (χ0v) is 16.5. The number of sulfone groups is 1. The lowest BCUT2D eigenvalue weighted by molar-refractivity contribution is 0.178. The highest BCUT2D eigenvalue weighted by Crippen LogP contribution is 2.38. The number of nitrogens with zero attached hydrogens (tertiary/aromatic N) is 2. The van der Waals surface area contributed by atoms with Crippen LogP contribution in [0, 0.1) is 5.82 Å². The minimum absolute atomic E-state index is 0.133. The van der Waals surface area contributed by atoms with Gasteiger partial charge in [0.05, 0.1) is 16.6 Å². The van der Waals surface area contributed by atoms with Gasteiger partial charge in [-0.25, -0.2) is 12.8 Å². The molecule has 8 heteroatoms. The van der Waals surface area contributed by atoms with Crippen LogP contribution in [0.4, 0.5) is 4.39 Å². The third kappa shape index (κ3) is 4.27. The van der Waals surface area contributed by atoms with E-state index in [2.05, 4.69) is 10.3 Å². The van der Waals surface area contributed by atoms with E-state index in [0.29, 0.717) is 37.5 Å². The Labute approximate surface area is 160 Å². The number of aliphatic imine (C=N–C) groups is 1. The van der Waals surface area contributed by atoms with Crippen LogP contribution in [0.3, 0.4) is 0 Å². The molecule has 0 amide bonds. The standard InChI is InChI=1S/C19H28FN3O3S/c1-21-18(22-13-17(24)15-5-7-16(20)8-6-15)23-11-12-27(25,26)19(14-23)9-3-2-4-10-19/h5-8,17,24H,2-4,9-14H2,1H3,(H,21,22). The van der Waals surface area contributed by atoms with Gasteiger partial charge in [0.2, 0.25) is 0 Å². The quantitative estimate of drug-likeness (QED) is 0.601. The molecule has 1 unspecified atom stereocenters. The molecule has 1 aromatic rings. The molecule has 6 nitrogen and oxygen atoms in total. The van der Waals surface area contributed by atoms with Crippen molar-refractivity contribution in [2.75, 3.05) is 32.4 Å². The number of guanidine groups is 1. The van der Waals surface area contributed by atoms with Gasteiger partial charge in [0.1, 0.15) is 5.82 Å². The Bertz CT molecular complexity index is 774. The molecule has 2 aliphatic rings. The maximum absolute atomic E-state index is 13.0. The number of hydrogen-bond acceptors (Lipinski definition) is 4. The normalized spacial score (nSPS) is 23.2. The van der Waals surface area contributed by atoms with Crippen LogP contribution in [0.15, 0.2) is 29.3 Å². The predicted molar refractivity (Wildman–Crippen MR) is 104 cm³/mol. The van der Waals surface area contributed by atoms with E-state index in [-0.39, 0.29) is 18.1 Å². The summed E-state index contributed by atoms with van der Waals surface area (Å²) >= 11 is 0. The molecule has 27 heavy (non-hydrogen) atoms. The number of aliphatic hydroxyl groups is 1. The molecular formula is C19H28FN3O3S. The number of rotatable bonds is 3. The summed E-state index contributed by atoms with van der Waals surface area (Å²) in [4.78, 5) is 6.27. The van der Waals surface area contributed by atoms with Crippen molar-refractivity contribution in [2.24, 2.45) is 4.99 Å². The summed E-state index contributed by atoms with van der Waals surface area (Å²) in [5, 5.41) is 13.5. The molecule has 1 heterocycles. The summed E-state index contributed by atoms with van der Waals surface area (Å²) < 4.78 is 37.8. The minimum atomic E-state index is -3.11. The van der Waals surface area contributed by atoms with Crippen LogP contribution in [0.1, 0.15) is 43.8 Å². The van der Waals surface area contributed by atoms with Gasteiger partial charge in [-0.1, -0.05) is 31.4 Å². The van der Waals surface area contributed by atoms with Gasteiger partial charge in [-0.15, -0.1) is 0 Å². The largest absolute Gasteiger partial charge is 0.387 e. The van der Waals surface area contributed by atoms with Crippen molar-refractivity contribution < 1.29 is 17.9 Å². The van der Waals surface area contributed by atoms with Crippen molar-refractivity contribution in [2.45, 2.75) is 43.0 Å². The molecule has 0 bridgehead atoms. The Morgan fingerprint density at radius 2 is 1.96 bits per heavy atom. The monoisotopic (exact) mass is 397 g/mol. The Hall–Kier alpha value is -1.67. The number of aliphatic hydroxyl groups excluding tert-OH is 1. The van der Waals surface area contributed by atoms with Crippen LogP contribution in [0.5, 0.6) is 0 Å². The molecule has 0 aromatic heterocycles. The summed E-state index contributed by atoms with van der Waals surface area (Å²) in [5.74, 6) is 0.381. The minimum Gasteiger partial charge on any atom is -0.387 e. The van der Waals surface area contributed by atoms with Crippen molar-refractivity contribution in [3.8, 4) is 0 Å². The Balaban J connectivity index is 1.66. The third-order valence-electron chi connectivity index (χ3n) is 5.75. The van der Waals surface area contributed by atoms with Gasteiger partial charge in [0.25, 0.3) is 0 Å². The topological polar surface area (TPSA) is 82.0 Å². The molecule has 1 aromatic carbocycles. The Kier molecular flexibility index (Phi) is 6.05. The van der Waals surface area contributed by atoms with Crippen LogP contribution < -0.4 is 5.32 Å². The Morgan fingerprint density at radius 3 is 2.59 bits per heavy atom. The lowest BCUT2D eigenvalue weighted by Crippen LogP contribution is -2.60. The van der Waals surface area contributed by atoms with Gasteiger partial charge in [-0.05, 0) is 30.5 Å². The molecule has 3 rings (SSSR count). The summed E-state index contributed by atoms with van der Waals surface area (Å²) in [7, 11) is -1.45. The first kappa shape index (κ1) is 20.1. The van der Waals surface area contributed by atoms with Crippen molar-refractivity contribution >= 4 is 15.8 Å². The fourth-order valence-electron chi connectivity index (χ4n) is 4.14. The zero-order chi connectivity index (χ0) is 19.5. The van der Waals surface area contributed by atoms with E-state index in [1.165, 1.54) is 12.1 Å². The lowest BCUT2D eigenvalue weighted by Gasteiger charge is -2.45. The van der Waals surface area contributed by atoms with Gasteiger partial charge in [0, 0.05) is 26.7 Å². The maximum Gasteiger partial charge on any atom is 0.193 e. The summed E-state index contributed by atoms with van der Waals surface area (Å²) in [6.45, 7) is 1.06. The average molecular weight is 398 g/mol. The molecule has 2 N–H and O–H groups in total. The summed E-state index contributed by atoms with van der Waals surface area (Å²) in [5.41, 5.74) is 0.615. The van der Waals surface area contributed by atoms with Crippen LogP contribution in [0.2, 0.25) is 0 Å². The SMILES string of the molecule is CN=C(NCC(O)c1ccc(F)cc1)N1CCS(=O)(=O)C2(CCCCC2)C1. The van der Waals surface area contributed by atoms with Gasteiger partial charge in [0.15, 0.2) is 15.8 Å². The first-order valence-corrected chi connectivity index (χ1v) is 11.1. The second kappa shape index (κ2) is 8.14. The molecule has 1 aliphatic carbocycles. The highest BCUT2D eigenvalue weighted by Gasteiger charge is 2.48. The predicted octanol–water partition coefficient (Wildman–Crippen LogP) is 1.87. The molecule has 2 fully saturated rings. The van der Waals surface area contributed by atoms with Gasteiger partial charge in [-0.2, -0.15) is 0 Å². The van der Waals surface area contributed by atoms with Crippen molar-refractivity contribution in [1.82, 2.24) is 10.2 Å². The first-order chi connectivity index (χ1) is 12.9. The second-order valence-electron chi connectivity index (χ2n) is 7.48. The van der Waals surface area contributed by atoms with Crippen LogP contribution in [-0.2, 0) is 9.84 Å². The highest BCUT2D eigenvalue weighted by atomic mass is 32.2. The first-order valence-electron chi connectivity index (χ1n) is 9.48. The van der Waals surface area contributed by atoms with E-state index in [9.17, 15) is 17.9 Å². The molecule has 1 aliphatic heterocycles. The second-order valence-corrected chi connectivity index (χ2v) is 9.98. The van der Waals surface area contributed by atoms with Crippen molar-refractivity contribution in [3.63, 3.8) is 0 Å². The molecule has 150 valence electrons. The molecule has 1 atom stereocenters. The third-order valence-corrected chi connectivity index (χ3v) is 8.33. The number of halogens is 1. The van der Waals surface area contributed by atoms with Gasteiger partial charge >= 0.3 is 0 Å². The van der Waals surface area contributed by atoms with E-state index in [0.717, 1.165) is 19.3 Å². The lowest BCUT2D eigenvalue weighted by atomic mass is 9.87. The van der Waals surface area contributed by atoms with E-state index in [4.69, 9.17) is 0 Å². The van der Waals surface area contributed by atoms with Crippen LogP contribution in [-0.4, -0.2) is 61.6 Å². The van der Waals surface area contributed by atoms with Crippen molar-refractivity contribution in [3.05, 3.63) is 35.6 Å². The summed E-state index contributed by atoms with van der Waals surface area (Å²) in [6.07, 6.45) is 3.60. The van der Waals surface area contributed by atoms with Crippen LogP contribution >= 0.6 is 0 Å². The smallest absolute Gasteiger partial charge is 0.193 e. The van der Waals surface area contributed by atoms with E-state index in [1.807, 2.05) is 4.90 Å². The maximum atomic E-state index is 13.0. The van der Waals surface area contributed by atoms with E-state index < -0.39 is 20.7 Å². The molecular weight excluding hydrogens is 369 g/mol. The van der Waals surface area contributed by atoms with Crippen molar-refractivity contribution in [1.29, 1.82) is 0 Å². The fourth-order valence-corrected chi connectivity index (χ4v) is 6.30. The van der Waals surface area contributed by atoms with Gasteiger partial charge in [-0.3, -0.25) is 4.99 Å². The molecule has 1 saturated heterocycles. The van der Waals surface area contributed by atoms with Gasteiger partial charge < -0.3 is 15.3 Å². The Morgan fingerprint density at radius 1 is 1.30 bits per heavy atom. The average Bonchev–Trinajstić information content (AvgIpc) is 2.66. The summed E-state index contributed by atoms with van der Waals surface area (Å²) in [6, 6.07) is 5.73. The van der Waals surface area contributed by atoms with E-state index >= 15 is 0 Å². The number of nitrogens with one attached hydrogen (secondary N) is 1. The molecule has 1 spiro atoms. The van der Waals surface area contributed by atoms with E-state index in [1.54, 1.807) is 19.2 Å². The highest BCUT2D eigenvalue weighted by molar-refractivity contribution is 7.92. The zero-order valence-electron chi connectivity index (χ0n) is 15.7. The molecule has 0 radical (unpaired) electrons.